The second-order valence-electron chi connectivity index (χ2n) is 8.89. The summed E-state index contributed by atoms with van der Waals surface area (Å²) in [6, 6.07) is 24.5. The summed E-state index contributed by atoms with van der Waals surface area (Å²) in [5.74, 6) is -0.288. The molecule has 3 heterocycles. The van der Waals surface area contributed by atoms with E-state index in [1.54, 1.807) is 35.8 Å². The molecule has 38 heavy (non-hydrogen) atoms. The Hall–Kier alpha value is -4.20. The number of halogens is 1. The van der Waals surface area contributed by atoms with Gasteiger partial charge in [-0.25, -0.2) is 0 Å². The number of aromatic nitrogens is 1. The largest absolute Gasteiger partial charge is 0.340 e. The lowest BCUT2D eigenvalue weighted by Gasteiger charge is -2.28. The van der Waals surface area contributed by atoms with Crippen LogP contribution in [-0.4, -0.2) is 22.7 Å². The molecule has 0 unspecified atom stereocenters. The topological polar surface area (TPSA) is 57.9 Å². The first kappa shape index (κ1) is 24.2. The van der Waals surface area contributed by atoms with Crippen molar-refractivity contribution in [2.75, 3.05) is 16.5 Å². The van der Waals surface area contributed by atoms with E-state index in [2.05, 4.69) is 29.1 Å². The molecule has 0 N–H and O–H groups in total. The van der Waals surface area contributed by atoms with Gasteiger partial charge in [0.25, 0.3) is 11.5 Å². The molecule has 0 fully saturated rings. The molecular weight excluding hydrogens is 516 g/mol. The number of para-hydroxylation sites is 2. The minimum absolute atomic E-state index is 0.174. The van der Waals surface area contributed by atoms with E-state index in [0.29, 0.717) is 43.4 Å². The number of fused-ring (bicyclic) bond motifs is 1. The first-order valence-corrected chi connectivity index (χ1v) is 13.4. The van der Waals surface area contributed by atoms with Crippen molar-refractivity contribution < 1.29 is 4.79 Å². The summed E-state index contributed by atoms with van der Waals surface area (Å²) in [4.78, 5) is 30.0. The molecule has 1 aromatic heterocycles. The number of hydrazone groups is 1. The van der Waals surface area contributed by atoms with E-state index in [-0.39, 0.29) is 11.5 Å². The molecule has 0 bridgehead atoms. The Labute approximate surface area is 228 Å². The maximum Gasteiger partial charge on any atom is 0.283 e. The molecule has 0 spiro atoms. The van der Waals surface area contributed by atoms with Crippen LogP contribution in [0.15, 0.2) is 94.8 Å². The molecule has 0 saturated heterocycles. The van der Waals surface area contributed by atoms with Crippen molar-refractivity contribution in [1.29, 1.82) is 0 Å². The number of thiazole rings is 1. The van der Waals surface area contributed by atoms with Gasteiger partial charge in [-0.15, -0.1) is 11.3 Å². The maximum absolute atomic E-state index is 14.1. The first-order chi connectivity index (χ1) is 18.5. The number of carbonyl (C=O) groups is 1. The molecule has 8 heteroatoms. The Balaban J connectivity index is 1.65. The van der Waals surface area contributed by atoms with Crippen molar-refractivity contribution >= 4 is 63.3 Å². The van der Waals surface area contributed by atoms with Gasteiger partial charge in [-0.05, 0) is 68.0 Å². The van der Waals surface area contributed by atoms with Crippen LogP contribution >= 0.6 is 22.9 Å². The summed E-state index contributed by atoms with van der Waals surface area (Å²) in [7, 11) is 0. The van der Waals surface area contributed by atoms with E-state index in [1.165, 1.54) is 16.3 Å². The molecule has 2 aliphatic rings. The van der Waals surface area contributed by atoms with Crippen molar-refractivity contribution in [1.82, 2.24) is 4.57 Å². The zero-order valence-corrected chi connectivity index (χ0v) is 22.3. The fraction of sp³-hybridized carbons (Fsp3) is 0.100. The first-order valence-electron chi connectivity index (χ1n) is 12.2. The summed E-state index contributed by atoms with van der Waals surface area (Å²) in [6.07, 6.45) is 4.02. The molecule has 0 radical (unpaired) electrons. The Morgan fingerprint density at radius 2 is 1.58 bits per heavy atom. The molecule has 3 aromatic carbocycles. The number of amides is 1. The van der Waals surface area contributed by atoms with Crippen LogP contribution in [0.25, 0.3) is 23.0 Å². The van der Waals surface area contributed by atoms with Crippen molar-refractivity contribution in [3.05, 3.63) is 115 Å². The van der Waals surface area contributed by atoms with E-state index >= 15 is 0 Å². The van der Waals surface area contributed by atoms with Gasteiger partial charge in [0.15, 0.2) is 0 Å². The Bertz CT molecular complexity index is 1820. The quantitative estimate of drug-likeness (QED) is 0.377. The van der Waals surface area contributed by atoms with Crippen molar-refractivity contribution in [2.24, 2.45) is 5.10 Å². The van der Waals surface area contributed by atoms with Gasteiger partial charge in [-0.2, -0.15) is 10.1 Å². The third-order valence-corrected chi connectivity index (χ3v) is 8.02. The number of anilines is 2. The van der Waals surface area contributed by atoms with Crippen LogP contribution in [0.2, 0.25) is 5.02 Å². The van der Waals surface area contributed by atoms with Crippen LogP contribution in [0.1, 0.15) is 19.4 Å². The fourth-order valence-electron chi connectivity index (χ4n) is 4.83. The van der Waals surface area contributed by atoms with E-state index in [4.69, 9.17) is 11.6 Å². The zero-order chi connectivity index (χ0) is 26.4. The number of nitrogens with zero attached hydrogens (tertiary/aromatic N) is 4. The number of hydrogen-bond donors (Lipinski definition) is 0. The zero-order valence-electron chi connectivity index (χ0n) is 20.8. The van der Waals surface area contributed by atoms with Gasteiger partial charge >= 0.3 is 0 Å². The average Bonchev–Trinajstić information content (AvgIpc) is 3.43. The molecule has 0 aliphatic carbocycles. The van der Waals surface area contributed by atoms with Crippen molar-refractivity contribution in [3.8, 4) is 5.69 Å². The molecule has 6 nitrogen and oxygen atoms in total. The number of rotatable bonds is 3. The second-order valence-corrected chi connectivity index (χ2v) is 10.3. The van der Waals surface area contributed by atoms with Crippen LogP contribution in [0.4, 0.5) is 11.4 Å². The van der Waals surface area contributed by atoms with Gasteiger partial charge in [0.2, 0.25) is 0 Å². The lowest BCUT2D eigenvalue weighted by molar-refractivity contribution is -0.112. The van der Waals surface area contributed by atoms with Crippen LogP contribution in [-0.2, 0) is 4.79 Å². The predicted molar refractivity (Wildman–Crippen MR) is 157 cm³/mol. The van der Waals surface area contributed by atoms with Gasteiger partial charge in [0.1, 0.15) is 9.20 Å². The predicted octanol–water partition coefficient (Wildman–Crippen LogP) is 4.79. The normalized spacial score (nSPS) is 17.7. The lowest BCUT2D eigenvalue weighted by Crippen LogP contribution is -2.36. The highest BCUT2D eigenvalue weighted by Crippen LogP contribution is 2.30. The molecule has 0 saturated carbocycles. The molecule has 0 atom stereocenters. The summed E-state index contributed by atoms with van der Waals surface area (Å²) in [6.45, 7) is 4.55. The molecule has 6 rings (SSSR count). The SMILES string of the molecule is CCN1C(=c2sc(=C3C(=O)N(c4ccc(Cl)cc4)N=C3C)n(-c3ccccc3)c2=O)C=Cc2ccccc21. The van der Waals surface area contributed by atoms with E-state index in [1.807, 2.05) is 54.6 Å². The van der Waals surface area contributed by atoms with Gasteiger partial charge in [0.05, 0.1) is 28.4 Å². The summed E-state index contributed by atoms with van der Waals surface area (Å²) >= 11 is 7.37. The Morgan fingerprint density at radius 3 is 2.32 bits per heavy atom. The van der Waals surface area contributed by atoms with Gasteiger partial charge in [-0.1, -0.05) is 54.1 Å². The van der Waals surface area contributed by atoms with Crippen LogP contribution in [0, 0.1) is 0 Å². The van der Waals surface area contributed by atoms with E-state index in [9.17, 15) is 9.59 Å². The van der Waals surface area contributed by atoms with Crippen LogP contribution in [0.5, 0.6) is 0 Å². The number of hydrogen-bond acceptors (Lipinski definition) is 5. The van der Waals surface area contributed by atoms with E-state index < -0.39 is 0 Å². The fourth-order valence-corrected chi connectivity index (χ4v) is 6.22. The second kappa shape index (κ2) is 9.59. The third-order valence-electron chi connectivity index (χ3n) is 6.60. The summed E-state index contributed by atoms with van der Waals surface area (Å²) in [5.41, 5.74) is 5.03. The van der Waals surface area contributed by atoms with Gasteiger partial charge in [0, 0.05) is 17.3 Å². The number of carbonyl (C=O) groups excluding carboxylic acids is 1. The summed E-state index contributed by atoms with van der Waals surface area (Å²) in [5, 5.41) is 6.49. The summed E-state index contributed by atoms with van der Waals surface area (Å²) < 4.78 is 2.75. The third kappa shape index (κ3) is 3.91. The Kier molecular flexibility index (Phi) is 6.10. The highest BCUT2D eigenvalue weighted by Gasteiger charge is 2.32. The molecule has 2 aliphatic heterocycles. The van der Waals surface area contributed by atoms with E-state index in [0.717, 1.165) is 16.9 Å². The number of benzene rings is 3. The monoisotopic (exact) mass is 538 g/mol. The van der Waals surface area contributed by atoms with Gasteiger partial charge < -0.3 is 4.90 Å². The highest BCUT2D eigenvalue weighted by atomic mass is 35.5. The molecule has 188 valence electrons. The molecule has 1 amide bonds. The smallest absolute Gasteiger partial charge is 0.283 e. The van der Waals surface area contributed by atoms with Crippen molar-refractivity contribution in [2.45, 2.75) is 13.8 Å². The highest BCUT2D eigenvalue weighted by molar-refractivity contribution is 7.08. The molecule has 4 aromatic rings. The average molecular weight is 539 g/mol. The number of likely N-dealkylation sites (N-methyl/N-ethyl adjacent to an activating group) is 1. The van der Waals surface area contributed by atoms with Crippen LogP contribution in [0.3, 0.4) is 0 Å². The van der Waals surface area contributed by atoms with Crippen molar-refractivity contribution in [3.63, 3.8) is 0 Å². The van der Waals surface area contributed by atoms with Gasteiger partial charge in [-0.3, -0.25) is 14.2 Å². The maximum atomic E-state index is 14.1. The minimum atomic E-state index is -0.288. The minimum Gasteiger partial charge on any atom is -0.340 e. The van der Waals surface area contributed by atoms with Crippen LogP contribution < -0.4 is 24.7 Å². The molecular formula is C30H23ClN4O2S. The Morgan fingerprint density at radius 1 is 0.868 bits per heavy atom. The lowest BCUT2D eigenvalue weighted by atomic mass is 10.1. The standard InChI is InChI=1S/C30H23ClN4O2S/c1-3-33-24-12-8-7-9-20(24)13-18-25(33)27-29(37)34(22-10-5-4-6-11-22)30(38-27)26-19(2)32-35(28(26)36)23-16-14-21(31)15-17-23/h4-18H,3H2,1-2H3.